The number of fused-ring (bicyclic) bond motifs is 1. The second-order valence-corrected chi connectivity index (χ2v) is 4.58. The largest absolute Gasteiger partial charge is 0.417 e. The second kappa shape index (κ2) is 3.55. The number of hydrogen-bond acceptors (Lipinski definition) is 0. The molecule has 2 aromatic rings. The molecule has 15 heavy (non-hydrogen) atoms. The van der Waals surface area contributed by atoms with Crippen LogP contribution in [-0.4, -0.2) is 4.98 Å². The summed E-state index contributed by atoms with van der Waals surface area (Å²) < 4.78 is 38.3. The minimum Gasteiger partial charge on any atom is -0.360 e. The van der Waals surface area contributed by atoms with E-state index in [0.29, 0.717) is 10.9 Å². The lowest BCUT2D eigenvalue weighted by atomic mass is 10.1. The summed E-state index contributed by atoms with van der Waals surface area (Å²) in [5.74, 6) is 0. The maximum absolute atomic E-state index is 12.5. The van der Waals surface area contributed by atoms with Crippen LogP contribution in [0.1, 0.15) is 5.56 Å². The van der Waals surface area contributed by atoms with Gasteiger partial charge >= 0.3 is 6.18 Å². The Bertz CT molecular complexity index is 518. The van der Waals surface area contributed by atoms with E-state index in [9.17, 15) is 13.2 Å². The van der Waals surface area contributed by atoms with Crippen molar-refractivity contribution in [2.24, 2.45) is 0 Å². The van der Waals surface area contributed by atoms with Crippen molar-refractivity contribution in [1.29, 1.82) is 0 Å². The van der Waals surface area contributed by atoms with Crippen LogP contribution >= 0.6 is 34.2 Å². The smallest absolute Gasteiger partial charge is 0.360 e. The van der Waals surface area contributed by atoms with E-state index < -0.39 is 11.7 Å². The molecule has 0 spiro atoms. The Kier molecular flexibility index (Phi) is 2.62. The molecule has 80 valence electrons. The zero-order valence-electron chi connectivity index (χ0n) is 7.12. The zero-order valence-corrected chi connectivity index (χ0v) is 10.0. The lowest BCUT2D eigenvalue weighted by Crippen LogP contribution is -2.05. The van der Waals surface area contributed by atoms with Crippen LogP contribution in [0.2, 0.25) is 5.02 Å². The predicted molar refractivity (Wildman–Crippen MR) is 61.0 cm³/mol. The van der Waals surface area contributed by atoms with Crippen molar-refractivity contribution in [2.45, 2.75) is 6.18 Å². The normalized spacial score (nSPS) is 12.3. The summed E-state index contributed by atoms with van der Waals surface area (Å²) in [5.41, 5.74) is -0.369. The van der Waals surface area contributed by atoms with Gasteiger partial charge in [-0.05, 0) is 34.7 Å². The second-order valence-electron chi connectivity index (χ2n) is 3.01. The molecule has 0 aliphatic carbocycles. The van der Waals surface area contributed by atoms with E-state index in [2.05, 4.69) is 4.98 Å². The fourth-order valence-electron chi connectivity index (χ4n) is 1.33. The fraction of sp³-hybridized carbons (Fsp3) is 0.111. The minimum absolute atomic E-state index is 0.271. The Labute approximate surface area is 102 Å². The highest BCUT2D eigenvalue weighted by atomic mass is 127. The van der Waals surface area contributed by atoms with Crippen LogP contribution in [-0.2, 0) is 6.18 Å². The number of aromatic amines is 1. The molecule has 0 saturated heterocycles. The summed E-state index contributed by atoms with van der Waals surface area (Å²) in [4.78, 5) is 2.76. The summed E-state index contributed by atoms with van der Waals surface area (Å²) in [6, 6.07) is 2.36. The molecule has 1 N–H and O–H groups in total. The van der Waals surface area contributed by atoms with Gasteiger partial charge in [-0.15, -0.1) is 0 Å². The Morgan fingerprint density at radius 1 is 1.27 bits per heavy atom. The first-order valence-electron chi connectivity index (χ1n) is 3.93. The summed E-state index contributed by atoms with van der Waals surface area (Å²) in [7, 11) is 0. The first-order chi connectivity index (χ1) is 6.89. The minimum atomic E-state index is -4.41. The molecule has 0 aliphatic heterocycles. The number of benzene rings is 1. The van der Waals surface area contributed by atoms with Crippen molar-refractivity contribution >= 4 is 45.1 Å². The first kappa shape index (κ1) is 11.1. The molecule has 0 amide bonds. The molecule has 0 atom stereocenters. The average molecular weight is 345 g/mol. The Hall–Kier alpha value is -0.430. The monoisotopic (exact) mass is 345 g/mol. The topological polar surface area (TPSA) is 15.8 Å². The van der Waals surface area contributed by atoms with Crippen molar-refractivity contribution in [1.82, 2.24) is 4.98 Å². The highest BCUT2D eigenvalue weighted by Gasteiger charge is 2.33. The third-order valence-electron chi connectivity index (χ3n) is 2.02. The summed E-state index contributed by atoms with van der Waals surface area (Å²) in [6.07, 6.45) is -2.77. The van der Waals surface area contributed by atoms with Gasteiger partial charge in [0, 0.05) is 20.7 Å². The number of rotatable bonds is 0. The van der Waals surface area contributed by atoms with E-state index in [1.807, 2.05) is 22.6 Å². The van der Waals surface area contributed by atoms with E-state index in [-0.39, 0.29) is 5.02 Å². The molecule has 1 aromatic heterocycles. The third kappa shape index (κ3) is 1.94. The molecule has 1 heterocycles. The molecular formula is C9H4ClF3IN. The van der Waals surface area contributed by atoms with E-state index >= 15 is 0 Å². The third-order valence-corrected chi connectivity index (χ3v) is 3.23. The van der Waals surface area contributed by atoms with Crippen molar-refractivity contribution in [3.63, 3.8) is 0 Å². The summed E-state index contributed by atoms with van der Waals surface area (Å²) in [5, 5.41) is 0.432. The summed E-state index contributed by atoms with van der Waals surface area (Å²) >= 11 is 7.61. The number of aromatic nitrogens is 1. The first-order valence-corrected chi connectivity index (χ1v) is 5.38. The van der Waals surface area contributed by atoms with Crippen LogP contribution in [0.15, 0.2) is 18.3 Å². The molecular weight excluding hydrogens is 341 g/mol. The Morgan fingerprint density at radius 2 is 1.93 bits per heavy atom. The van der Waals surface area contributed by atoms with Crippen LogP contribution in [0.4, 0.5) is 13.2 Å². The predicted octanol–water partition coefficient (Wildman–Crippen LogP) is 4.44. The van der Waals surface area contributed by atoms with Gasteiger partial charge in [-0.1, -0.05) is 11.6 Å². The number of halogens is 5. The van der Waals surface area contributed by atoms with E-state index in [1.54, 1.807) is 6.20 Å². The lowest BCUT2D eigenvalue weighted by Gasteiger charge is -2.08. The SMILES string of the molecule is FC(F)(F)c1cc2[nH]cc(I)c2cc1Cl. The number of nitrogens with one attached hydrogen (secondary N) is 1. The number of H-pyrrole nitrogens is 1. The lowest BCUT2D eigenvalue weighted by molar-refractivity contribution is -0.137. The van der Waals surface area contributed by atoms with Gasteiger partial charge in [0.15, 0.2) is 0 Å². The number of hydrogen-bond donors (Lipinski definition) is 1. The molecule has 0 saturated carbocycles. The standard InChI is InChI=1S/C9H4ClF3IN/c10-6-1-4-7(14)3-15-8(4)2-5(6)9(11,12)13/h1-3,15H. The van der Waals surface area contributed by atoms with Crippen molar-refractivity contribution in [2.75, 3.05) is 0 Å². The maximum atomic E-state index is 12.5. The zero-order chi connectivity index (χ0) is 11.2. The molecule has 0 fully saturated rings. The van der Waals surface area contributed by atoms with Crippen LogP contribution in [0, 0.1) is 3.57 Å². The van der Waals surface area contributed by atoms with Gasteiger partial charge in [0.2, 0.25) is 0 Å². The van der Waals surface area contributed by atoms with Crippen LogP contribution in [0.3, 0.4) is 0 Å². The quantitative estimate of drug-likeness (QED) is 0.679. The fourth-order valence-corrected chi connectivity index (χ4v) is 2.20. The Balaban J connectivity index is 2.74. The Morgan fingerprint density at radius 3 is 2.53 bits per heavy atom. The highest BCUT2D eigenvalue weighted by Crippen LogP contribution is 2.37. The van der Waals surface area contributed by atoms with E-state index in [1.165, 1.54) is 6.07 Å². The van der Waals surface area contributed by atoms with Crippen molar-refractivity contribution < 1.29 is 13.2 Å². The highest BCUT2D eigenvalue weighted by molar-refractivity contribution is 14.1. The summed E-state index contributed by atoms with van der Waals surface area (Å²) in [6.45, 7) is 0. The van der Waals surface area contributed by atoms with E-state index in [0.717, 1.165) is 9.64 Å². The number of alkyl halides is 3. The average Bonchev–Trinajstić information content (AvgIpc) is 2.45. The van der Waals surface area contributed by atoms with Crippen LogP contribution in [0.25, 0.3) is 10.9 Å². The molecule has 0 radical (unpaired) electrons. The van der Waals surface area contributed by atoms with Gasteiger partial charge in [0.25, 0.3) is 0 Å². The molecule has 0 unspecified atom stereocenters. The van der Waals surface area contributed by atoms with Gasteiger partial charge < -0.3 is 4.98 Å². The van der Waals surface area contributed by atoms with Crippen molar-refractivity contribution in [3.05, 3.63) is 32.5 Å². The molecule has 0 bridgehead atoms. The van der Waals surface area contributed by atoms with Gasteiger partial charge in [0.1, 0.15) is 0 Å². The van der Waals surface area contributed by atoms with Gasteiger partial charge in [-0.2, -0.15) is 13.2 Å². The van der Waals surface area contributed by atoms with Crippen LogP contribution < -0.4 is 0 Å². The molecule has 1 nitrogen and oxygen atoms in total. The molecule has 0 aliphatic rings. The van der Waals surface area contributed by atoms with Gasteiger partial charge in [0.05, 0.1) is 10.6 Å². The molecule has 1 aromatic carbocycles. The van der Waals surface area contributed by atoms with Gasteiger partial charge in [-0.25, -0.2) is 0 Å². The van der Waals surface area contributed by atoms with Crippen molar-refractivity contribution in [3.8, 4) is 0 Å². The van der Waals surface area contributed by atoms with Gasteiger partial charge in [-0.3, -0.25) is 0 Å². The molecule has 6 heteroatoms. The maximum Gasteiger partial charge on any atom is 0.417 e. The van der Waals surface area contributed by atoms with E-state index in [4.69, 9.17) is 11.6 Å². The molecule has 2 rings (SSSR count). The van der Waals surface area contributed by atoms with Crippen LogP contribution in [0.5, 0.6) is 0 Å².